The van der Waals surface area contributed by atoms with Gasteiger partial charge in [0, 0.05) is 5.70 Å². The lowest BCUT2D eigenvalue weighted by Crippen LogP contribution is -2.35. The minimum absolute atomic E-state index is 0.0213. The maximum atomic E-state index is 13.3. The van der Waals surface area contributed by atoms with E-state index in [1.54, 1.807) is 0 Å². The minimum atomic E-state index is -4.78. The Balaban J connectivity index is 2.82. The van der Waals surface area contributed by atoms with Gasteiger partial charge in [-0.3, -0.25) is 0 Å². The van der Waals surface area contributed by atoms with Crippen molar-refractivity contribution in [2.45, 2.75) is 19.0 Å². The van der Waals surface area contributed by atoms with Gasteiger partial charge in [-0.1, -0.05) is 18.2 Å². The van der Waals surface area contributed by atoms with Crippen LogP contribution in [0.5, 0.6) is 0 Å². The molecule has 1 heterocycles. The van der Waals surface area contributed by atoms with Crippen LogP contribution in [0, 0.1) is 0 Å². The molecule has 0 amide bonds. The molecular weight excluding hydrogens is 329 g/mol. The highest BCUT2D eigenvalue weighted by molar-refractivity contribution is 5.98. The molecule has 1 aliphatic heterocycles. The Morgan fingerprint density at radius 3 is 2.17 bits per heavy atom. The van der Waals surface area contributed by atoms with E-state index in [-0.39, 0.29) is 5.70 Å². The standard InChI is InChI=1S/C15H13F3N2O4/c1-6-9(13(21)22)10(11(14(23)24)12(19)20-6)7-4-2-3-5-8(7)15(16,17)18/h2-5,10,20H,19H2,1H3,(H,21,22)(H,23,24)/t10-/m1/s1. The Bertz CT molecular complexity index is 745. The van der Waals surface area contributed by atoms with Gasteiger partial charge in [0.1, 0.15) is 5.82 Å². The quantitative estimate of drug-likeness (QED) is 0.668. The summed E-state index contributed by atoms with van der Waals surface area (Å²) in [5.41, 5.74) is 2.83. The molecule has 0 unspecified atom stereocenters. The predicted molar refractivity (Wildman–Crippen MR) is 76.5 cm³/mol. The Kier molecular flexibility index (Phi) is 4.28. The largest absolute Gasteiger partial charge is 0.478 e. The number of hydrogen-bond acceptors (Lipinski definition) is 4. The zero-order valence-corrected chi connectivity index (χ0v) is 12.3. The molecular formula is C15H13F3N2O4. The third kappa shape index (κ3) is 2.92. The molecule has 1 atom stereocenters. The zero-order valence-electron chi connectivity index (χ0n) is 12.3. The highest BCUT2D eigenvalue weighted by atomic mass is 19.4. The number of carboxylic acid groups (broad SMARTS) is 2. The molecule has 0 saturated heterocycles. The van der Waals surface area contributed by atoms with Gasteiger partial charge in [0.2, 0.25) is 0 Å². The molecule has 0 aromatic heterocycles. The molecule has 0 radical (unpaired) electrons. The van der Waals surface area contributed by atoms with Crippen molar-refractivity contribution in [3.8, 4) is 0 Å². The second-order valence-corrected chi connectivity index (χ2v) is 5.12. The highest BCUT2D eigenvalue weighted by Gasteiger charge is 2.42. The van der Waals surface area contributed by atoms with Crippen LogP contribution in [0.15, 0.2) is 46.9 Å². The first-order chi connectivity index (χ1) is 11.1. The minimum Gasteiger partial charge on any atom is -0.478 e. The van der Waals surface area contributed by atoms with E-state index in [1.165, 1.54) is 13.0 Å². The number of allylic oxidation sites excluding steroid dienone is 1. The lowest BCUT2D eigenvalue weighted by atomic mass is 9.79. The topological polar surface area (TPSA) is 113 Å². The van der Waals surface area contributed by atoms with E-state index >= 15 is 0 Å². The van der Waals surface area contributed by atoms with Crippen LogP contribution in [0.25, 0.3) is 0 Å². The van der Waals surface area contributed by atoms with Gasteiger partial charge in [0.05, 0.1) is 22.6 Å². The smallest absolute Gasteiger partial charge is 0.416 e. The Morgan fingerprint density at radius 1 is 1.12 bits per heavy atom. The van der Waals surface area contributed by atoms with E-state index in [1.807, 2.05) is 0 Å². The molecule has 0 fully saturated rings. The second-order valence-electron chi connectivity index (χ2n) is 5.12. The Hall–Kier alpha value is -2.97. The summed E-state index contributed by atoms with van der Waals surface area (Å²) in [6.07, 6.45) is -4.78. The van der Waals surface area contributed by atoms with Gasteiger partial charge >= 0.3 is 18.1 Å². The van der Waals surface area contributed by atoms with Crippen LogP contribution in [-0.4, -0.2) is 22.2 Å². The molecule has 9 heteroatoms. The van der Waals surface area contributed by atoms with E-state index < -0.39 is 52.1 Å². The molecule has 0 saturated carbocycles. The molecule has 0 bridgehead atoms. The summed E-state index contributed by atoms with van der Waals surface area (Å²) in [4.78, 5) is 23.1. The van der Waals surface area contributed by atoms with Gasteiger partial charge in [0.15, 0.2) is 0 Å². The van der Waals surface area contributed by atoms with E-state index in [2.05, 4.69) is 5.32 Å². The molecule has 2 rings (SSSR count). The SMILES string of the molecule is CC1=C(C(=O)O)[C@@H](c2ccccc2C(F)(F)F)C(C(=O)O)=C(N)N1. The van der Waals surface area contributed by atoms with Crippen molar-refractivity contribution in [1.29, 1.82) is 0 Å². The number of hydrogen-bond donors (Lipinski definition) is 4. The number of carbonyl (C=O) groups is 2. The Morgan fingerprint density at radius 2 is 1.67 bits per heavy atom. The van der Waals surface area contributed by atoms with Crippen LogP contribution in [0.3, 0.4) is 0 Å². The average Bonchev–Trinajstić information content (AvgIpc) is 2.44. The number of carboxylic acids is 2. The van der Waals surface area contributed by atoms with Crippen molar-refractivity contribution in [3.05, 3.63) is 58.1 Å². The van der Waals surface area contributed by atoms with Gasteiger partial charge in [-0.05, 0) is 18.6 Å². The summed E-state index contributed by atoms with van der Waals surface area (Å²) in [5.74, 6) is -5.19. The molecule has 1 aromatic carbocycles. The van der Waals surface area contributed by atoms with E-state index in [0.29, 0.717) is 0 Å². The number of benzene rings is 1. The van der Waals surface area contributed by atoms with Gasteiger partial charge in [-0.15, -0.1) is 0 Å². The maximum Gasteiger partial charge on any atom is 0.416 e. The van der Waals surface area contributed by atoms with Crippen LogP contribution >= 0.6 is 0 Å². The third-order valence-corrected chi connectivity index (χ3v) is 3.63. The number of nitrogens with two attached hydrogens (primary N) is 1. The van der Waals surface area contributed by atoms with Crippen LogP contribution in [0.2, 0.25) is 0 Å². The first kappa shape index (κ1) is 17.4. The monoisotopic (exact) mass is 342 g/mol. The normalized spacial score (nSPS) is 18.4. The molecule has 5 N–H and O–H groups in total. The molecule has 1 aliphatic rings. The summed E-state index contributed by atoms with van der Waals surface area (Å²) in [6.45, 7) is 1.30. The summed E-state index contributed by atoms with van der Waals surface area (Å²) in [7, 11) is 0. The molecule has 6 nitrogen and oxygen atoms in total. The number of aliphatic carboxylic acids is 2. The summed E-state index contributed by atoms with van der Waals surface area (Å²) in [5, 5.41) is 21.1. The molecule has 24 heavy (non-hydrogen) atoms. The highest BCUT2D eigenvalue weighted by Crippen LogP contribution is 2.43. The van der Waals surface area contributed by atoms with Gasteiger partial charge in [-0.2, -0.15) is 13.2 Å². The molecule has 0 spiro atoms. The molecule has 128 valence electrons. The van der Waals surface area contributed by atoms with Crippen LogP contribution < -0.4 is 11.1 Å². The van der Waals surface area contributed by atoms with Crippen molar-refractivity contribution in [3.63, 3.8) is 0 Å². The lowest BCUT2D eigenvalue weighted by Gasteiger charge is -2.29. The number of halogens is 3. The van der Waals surface area contributed by atoms with Crippen molar-refractivity contribution < 1.29 is 33.0 Å². The van der Waals surface area contributed by atoms with Crippen LogP contribution in [0.1, 0.15) is 24.0 Å². The fourth-order valence-electron chi connectivity index (χ4n) is 2.69. The van der Waals surface area contributed by atoms with Gasteiger partial charge < -0.3 is 21.3 Å². The third-order valence-electron chi connectivity index (χ3n) is 3.63. The van der Waals surface area contributed by atoms with Crippen molar-refractivity contribution in [1.82, 2.24) is 5.32 Å². The van der Waals surface area contributed by atoms with Gasteiger partial charge in [0.25, 0.3) is 0 Å². The first-order valence-electron chi connectivity index (χ1n) is 6.65. The summed E-state index contributed by atoms with van der Waals surface area (Å²) < 4.78 is 39.8. The summed E-state index contributed by atoms with van der Waals surface area (Å²) in [6, 6.07) is 4.22. The van der Waals surface area contributed by atoms with Crippen molar-refractivity contribution in [2.75, 3.05) is 0 Å². The second kappa shape index (κ2) is 5.91. The zero-order chi connectivity index (χ0) is 18.2. The fraction of sp³-hybridized carbons (Fsp3) is 0.200. The van der Waals surface area contributed by atoms with Crippen LogP contribution in [-0.2, 0) is 15.8 Å². The van der Waals surface area contributed by atoms with Gasteiger partial charge in [-0.25, -0.2) is 9.59 Å². The number of alkyl halides is 3. The van der Waals surface area contributed by atoms with Crippen molar-refractivity contribution in [2.24, 2.45) is 5.73 Å². The first-order valence-corrected chi connectivity index (χ1v) is 6.65. The van der Waals surface area contributed by atoms with Crippen molar-refractivity contribution >= 4 is 11.9 Å². The Labute approximate surface area is 134 Å². The number of nitrogens with one attached hydrogen (secondary N) is 1. The van der Waals surface area contributed by atoms with Crippen LogP contribution in [0.4, 0.5) is 13.2 Å². The fourth-order valence-corrected chi connectivity index (χ4v) is 2.69. The molecule has 0 aliphatic carbocycles. The average molecular weight is 342 g/mol. The van der Waals surface area contributed by atoms with E-state index in [4.69, 9.17) is 5.73 Å². The maximum absolute atomic E-state index is 13.3. The summed E-state index contributed by atoms with van der Waals surface area (Å²) >= 11 is 0. The molecule has 1 aromatic rings. The number of rotatable bonds is 3. The van der Waals surface area contributed by atoms with E-state index in [0.717, 1.165) is 18.2 Å². The number of dihydropyridines is 1. The predicted octanol–water partition coefficient (Wildman–Crippen LogP) is 2.01. The lowest BCUT2D eigenvalue weighted by molar-refractivity contribution is -0.139. The van der Waals surface area contributed by atoms with E-state index in [9.17, 15) is 33.0 Å².